The zero-order valence-electron chi connectivity index (χ0n) is 18.5. The van der Waals surface area contributed by atoms with E-state index in [-0.39, 0.29) is 16.9 Å². The summed E-state index contributed by atoms with van der Waals surface area (Å²) in [6, 6.07) is 0. The Bertz CT molecular complexity index is 618. The van der Waals surface area contributed by atoms with E-state index in [1.807, 2.05) is 0 Å². The Morgan fingerprint density at radius 2 is 1.75 bits per heavy atom. The number of hydrogen-bond acceptors (Lipinski definition) is 4. The first-order chi connectivity index (χ1) is 13.2. The average Bonchev–Trinajstić information content (AvgIpc) is 2.95. The maximum Gasteiger partial charge on any atom is 0.118 e. The van der Waals surface area contributed by atoms with Crippen LogP contribution < -0.4 is 5.73 Å². The van der Waals surface area contributed by atoms with Crippen molar-refractivity contribution in [2.75, 3.05) is 13.2 Å². The molecule has 4 aliphatic carbocycles. The highest BCUT2D eigenvalue weighted by Gasteiger charge is 2.62. The lowest BCUT2D eigenvalue weighted by Crippen LogP contribution is -2.58. The Morgan fingerprint density at radius 1 is 1.00 bits per heavy atom. The fourth-order valence-electron chi connectivity index (χ4n) is 8.32. The molecule has 28 heavy (non-hydrogen) atoms. The Kier molecular flexibility index (Phi) is 5.36. The topological polar surface area (TPSA) is 67.8 Å². The van der Waals surface area contributed by atoms with Crippen LogP contribution in [0.25, 0.3) is 0 Å². The van der Waals surface area contributed by atoms with E-state index in [9.17, 15) is 5.11 Å². The fourth-order valence-corrected chi connectivity index (χ4v) is 8.32. The second-order valence-electron chi connectivity index (χ2n) is 11.4. The Balaban J connectivity index is 1.55. The van der Waals surface area contributed by atoms with Crippen LogP contribution in [0.1, 0.15) is 85.5 Å². The summed E-state index contributed by atoms with van der Waals surface area (Å²) in [5.41, 5.74) is 7.53. The molecule has 0 amide bonds. The highest BCUT2D eigenvalue weighted by atomic mass is 16.6. The van der Waals surface area contributed by atoms with Crippen molar-refractivity contribution in [2.24, 2.45) is 50.8 Å². The van der Waals surface area contributed by atoms with Gasteiger partial charge < -0.3 is 15.7 Å². The van der Waals surface area contributed by atoms with Crippen LogP contribution in [0, 0.1) is 39.9 Å². The van der Waals surface area contributed by atoms with Crippen LogP contribution in [0.4, 0.5) is 0 Å². The molecule has 0 spiro atoms. The van der Waals surface area contributed by atoms with Crippen molar-refractivity contribution in [2.45, 2.75) is 91.6 Å². The number of aliphatic hydroxyl groups is 1. The molecule has 0 heterocycles. The number of hydrogen-bond donors (Lipinski definition) is 2. The second-order valence-corrected chi connectivity index (χ2v) is 11.4. The van der Waals surface area contributed by atoms with Crippen LogP contribution in [0.5, 0.6) is 0 Å². The molecule has 0 aromatic carbocycles. The summed E-state index contributed by atoms with van der Waals surface area (Å²) in [6.07, 6.45) is 10.5. The van der Waals surface area contributed by atoms with Gasteiger partial charge in [-0.25, -0.2) is 0 Å². The quantitative estimate of drug-likeness (QED) is 0.538. The first kappa shape index (κ1) is 20.7. The molecule has 0 bridgehead atoms. The molecular weight excluding hydrogens is 348 g/mol. The molecule has 160 valence electrons. The van der Waals surface area contributed by atoms with E-state index < -0.39 is 0 Å². The Morgan fingerprint density at radius 3 is 2.50 bits per heavy atom. The van der Waals surface area contributed by atoms with Crippen LogP contribution in [0.2, 0.25) is 0 Å². The van der Waals surface area contributed by atoms with Crippen LogP contribution in [0.3, 0.4) is 0 Å². The van der Waals surface area contributed by atoms with E-state index in [1.54, 1.807) is 0 Å². The van der Waals surface area contributed by atoms with Crippen molar-refractivity contribution < 1.29 is 9.94 Å². The van der Waals surface area contributed by atoms with Crippen LogP contribution in [-0.4, -0.2) is 30.1 Å². The maximum atomic E-state index is 10.7. The van der Waals surface area contributed by atoms with E-state index in [0.29, 0.717) is 24.5 Å². The summed E-state index contributed by atoms with van der Waals surface area (Å²) >= 11 is 0. The van der Waals surface area contributed by atoms with Crippen molar-refractivity contribution >= 4 is 5.71 Å². The summed E-state index contributed by atoms with van der Waals surface area (Å²) in [6.45, 7) is 11.1. The minimum Gasteiger partial charge on any atom is -0.396 e. The molecule has 4 aliphatic rings. The SMILES string of the molecule is CC1(C)/C(=N/OCCCN)CC[C@@]2(C)C1CC[C@@H]1[C@H]2CC[C@]2(C)C(O)CC[C@@H]12. The summed E-state index contributed by atoms with van der Waals surface area (Å²) < 4.78 is 0. The summed E-state index contributed by atoms with van der Waals surface area (Å²) in [4.78, 5) is 5.63. The van der Waals surface area contributed by atoms with Gasteiger partial charge >= 0.3 is 0 Å². The molecule has 4 heteroatoms. The molecule has 0 aromatic heterocycles. The molecule has 0 aliphatic heterocycles. The van der Waals surface area contributed by atoms with Gasteiger partial charge in [-0.1, -0.05) is 32.9 Å². The van der Waals surface area contributed by atoms with Gasteiger partial charge in [0.25, 0.3) is 0 Å². The predicted molar refractivity (Wildman–Crippen MR) is 114 cm³/mol. The minimum atomic E-state index is -0.0730. The molecular formula is C24H42N2O2. The summed E-state index contributed by atoms with van der Waals surface area (Å²) in [5.74, 6) is 3.04. The van der Waals surface area contributed by atoms with Gasteiger partial charge in [0, 0.05) is 5.41 Å². The lowest BCUT2D eigenvalue weighted by Gasteiger charge is -2.63. The van der Waals surface area contributed by atoms with Gasteiger partial charge in [0.1, 0.15) is 6.61 Å². The molecule has 0 saturated heterocycles. The number of oxime groups is 1. The second kappa shape index (κ2) is 7.27. The number of nitrogens with two attached hydrogens (primary N) is 1. The third kappa shape index (κ3) is 2.96. The van der Waals surface area contributed by atoms with Gasteiger partial charge in [-0.15, -0.1) is 0 Å². The van der Waals surface area contributed by atoms with Gasteiger partial charge in [-0.3, -0.25) is 0 Å². The Hall–Kier alpha value is -0.610. The smallest absolute Gasteiger partial charge is 0.118 e. The third-order valence-corrected chi connectivity index (χ3v) is 9.95. The van der Waals surface area contributed by atoms with Crippen molar-refractivity contribution in [3.05, 3.63) is 0 Å². The van der Waals surface area contributed by atoms with E-state index in [0.717, 1.165) is 37.0 Å². The molecule has 4 nitrogen and oxygen atoms in total. The molecule has 2 unspecified atom stereocenters. The lowest BCUT2D eigenvalue weighted by molar-refractivity contribution is -0.131. The van der Waals surface area contributed by atoms with E-state index in [1.165, 1.54) is 44.2 Å². The van der Waals surface area contributed by atoms with Crippen LogP contribution in [0.15, 0.2) is 5.16 Å². The molecule has 0 aromatic rings. The molecule has 0 radical (unpaired) electrons. The molecule has 4 saturated carbocycles. The zero-order valence-corrected chi connectivity index (χ0v) is 18.5. The summed E-state index contributed by atoms with van der Waals surface area (Å²) in [5, 5.41) is 15.3. The normalized spacial score (nSPS) is 48.6. The van der Waals surface area contributed by atoms with Crippen molar-refractivity contribution in [1.29, 1.82) is 0 Å². The third-order valence-electron chi connectivity index (χ3n) is 9.95. The monoisotopic (exact) mass is 390 g/mol. The van der Waals surface area contributed by atoms with Gasteiger partial charge in [0.05, 0.1) is 11.8 Å². The van der Waals surface area contributed by atoms with Gasteiger partial charge in [-0.05, 0) is 98.8 Å². The molecule has 7 atom stereocenters. The van der Waals surface area contributed by atoms with Gasteiger partial charge in [0.15, 0.2) is 0 Å². The first-order valence-corrected chi connectivity index (χ1v) is 11.8. The molecule has 4 fully saturated rings. The van der Waals surface area contributed by atoms with Crippen molar-refractivity contribution in [3.63, 3.8) is 0 Å². The van der Waals surface area contributed by atoms with Crippen molar-refractivity contribution in [1.82, 2.24) is 0 Å². The van der Waals surface area contributed by atoms with E-state index in [2.05, 4.69) is 32.9 Å². The van der Waals surface area contributed by atoms with Gasteiger partial charge in [-0.2, -0.15) is 0 Å². The first-order valence-electron chi connectivity index (χ1n) is 11.8. The van der Waals surface area contributed by atoms with Gasteiger partial charge in [0.2, 0.25) is 0 Å². The predicted octanol–water partition coefficient (Wildman–Crippen LogP) is 4.75. The standard InChI is InChI=1S/C24H42N2O2/c1-22(2)19-8-6-16-17-7-9-21(27)24(17,4)12-10-18(16)23(19,3)13-11-20(22)26-28-15-5-14-25/h16-19,21,27H,5-15,25H2,1-4H3/b26-20+/t16-,17-,18+,19?,21?,23+,24-/m0/s1. The maximum absolute atomic E-state index is 10.7. The summed E-state index contributed by atoms with van der Waals surface area (Å²) in [7, 11) is 0. The fraction of sp³-hybridized carbons (Fsp3) is 0.958. The number of fused-ring (bicyclic) bond motifs is 5. The molecule has 3 N–H and O–H groups in total. The number of aliphatic hydroxyl groups excluding tert-OH is 1. The Labute approximate surface area is 171 Å². The number of rotatable bonds is 4. The van der Waals surface area contributed by atoms with E-state index >= 15 is 0 Å². The van der Waals surface area contributed by atoms with Crippen LogP contribution in [-0.2, 0) is 4.84 Å². The van der Waals surface area contributed by atoms with Crippen LogP contribution >= 0.6 is 0 Å². The minimum absolute atomic E-state index is 0.0730. The highest BCUT2D eigenvalue weighted by molar-refractivity contribution is 5.90. The largest absolute Gasteiger partial charge is 0.396 e. The zero-order chi connectivity index (χ0) is 20.2. The lowest BCUT2D eigenvalue weighted by atomic mass is 9.41. The van der Waals surface area contributed by atoms with E-state index in [4.69, 9.17) is 10.6 Å². The highest BCUT2D eigenvalue weighted by Crippen LogP contribution is 2.68. The number of nitrogens with zero attached hydrogens (tertiary/aromatic N) is 1. The molecule has 4 rings (SSSR count). The van der Waals surface area contributed by atoms with Crippen molar-refractivity contribution in [3.8, 4) is 0 Å². The average molecular weight is 391 g/mol.